The number of benzene rings is 1. The molecule has 0 radical (unpaired) electrons. The zero-order chi connectivity index (χ0) is 14.8. The van der Waals surface area contributed by atoms with Crippen LogP contribution in [0.4, 0.5) is 18.9 Å². The highest BCUT2D eigenvalue weighted by Gasteiger charge is 2.32. The van der Waals surface area contributed by atoms with Crippen LogP contribution in [0.25, 0.3) is 0 Å². The van der Waals surface area contributed by atoms with E-state index in [-0.39, 0.29) is 12.6 Å². The van der Waals surface area contributed by atoms with Crippen LogP contribution < -0.4 is 10.6 Å². The Balaban J connectivity index is 2.36. The van der Waals surface area contributed by atoms with Crippen LogP contribution in [0, 0.1) is 0 Å². The van der Waals surface area contributed by atoms with Gasteiger partial charge in [-0.15, -0.1) is 0 Å². The Morgan fingerprint density at radius 3 is 2.75 bits per heavy atom. The average molecular weight is 288 g/mol. The molecule has 1 atom stereocenters. The molecular formula is C14H19F3N2O. The summed E-state index contributed by atoms with van der Waals surface area (Å²) in [5, 5.41) is 0. The number of nitrogens with two attached hydrogens (primary N) is 1. The maximum absolute atomic E-state index is 12.7. The van der Waals surface area contributed by atoms with Gasteiger partial charge in [0.1, 0.15) is 0 Å². The van der Waals surface area contributed by atoms with E-state index in [1.54, 1.807) is 0 Å². The Bertz CT molecular complexity index is 462. The summed E-state index contributed by atoms with van der Waals surface area (Å²) >= 11 is 0. The van der Waals surface area contributed by atoms with Crippen molar-refractivity contribution in [1.29, 1.82) is 0 Å². The van der Waals surface area contributed by atoms with E-state index in [1.165, 1.54) is 6.07 Å². The highest BCUT2D eigenvalue weighted by atomic mass is 19.4. The van der Waals surface area contributed by atoms with Gasteiger partial charge in [-0.1, -0.05) is 6.92 Å². The molecule has 112 valence electrons. The van der Waals surface area contributed by atoms with Gasteiger partial charge in [0.05, 0.1) is 24.8 Å². The first-order valence-electron chi connectivity index (χ1n) is 6.72. The normalized spacial score (nSPS) is 20.2. The highest BCUT2D eigenvalue weighted by Crippen LogP contribution is 2.34. The summed E-state index contributed by atoms with van der Waals surface area (Å²) in [4.78, 5) is 2.10. The fourth-order valence-corrected chi connectivity index (χ4v) is 2.52. The summed E-state index contributed by atoms with van der Waals surface area (Å²) in [5.74, 6) is 0. The summed E-state index contributed by atoms with van der Waals surface area (Å²) in [6.45, 7) is 3.99. The maximum atomic E-state index is 12.7. The second-order valence-corrected chi connectivity index (χ2v) is 4.88. The van der Waals surface area contributed by atoms with E-state index in [2.05, 4.69) is 4.90 Å². The summed E-state index contributed by atoms with van der Waals surface area (Å²) in [6.07, 6.45) is -3.46. The van der Waals surface area contributed by atoms with Gasteiger partial charge in [-0.3, -0.25) is 0 Å². The summed E-state index contributed by atoms with van der Waals surface area (Å²) in [6, 6.07) is 3.98. The first-order valence-corrected chi connectivity index (χ1v) is 6.72. The molecule has 0 aromatic heterocycles. The number of rotatable bonds is 3. The van der Waals surface area contributed by atoms with Crippen LogP contribution in [0.5, 0.6) is 0 Å². The van der Waals surface area contributed by atoms with E-state index in [4.69, 9.17) is 10.5 Å². The van der Waals surface area contributed by atoms with Crippen molar-refractivity contribution in [3.63, 3.8) is 0 Å². The molecule has 1 aromatic rings. The molecule has 1 aromatic carbocycles. The Morgan fingerprint density at radius 2 is 2.15 bits per heavy atom. The van der Waals surface area contributed by atoms with Crippen molar-refractivity contribution in [3.8, 4) is 0 Å². The van der Waals surface area contributed by atoms with Crippen LogP contribution >= 0.6 is 0 Å². The third-order valence-electron chi connectivity index (χ3n) is 3.63. The van der Waals surface area contributed by atoms with E-state index < -0.39 is 11.7 Å². The zero-order valence-electron chi connectivity index (χ0n) is 11.4. The van der Waals surface area contributed by atoms with Gasteiger partial charge in [-0.2, -0.15) is 13.2 Å². The van der Waals surface area contributed by atoms with Crippen molar-refractivity contribution in [2.24, 2.45) is 5.73 Å². The minimum Gasteiger partial charge on any atom is -0.377 e. The minimum absolute atomic E-state index is 0.0903. The third-order valence-corrected chi connectivity index (χ3v) is 3.63. The van der Waals surface area contributed by atoms with Crippen molar-refractivity contribution in [2.75, 3.05) is 24.7 Å². The van der Waals surface area contributed by atoms with E-state index in [9.17, 15) is 13.2 Å². The number of ether oxygens (including phenoxy) is 1. The van der Waals surface area contributed by atoms with Crippen LogP contribution in [0.15, 0.2) is 18.2 Å². The smallest absolute Gasteiger partial charge is 0.377 e. The fourth-order valence-electron chi connectivity index (χ4n) is 2.52. The van der Waals surface area contributed by atoms with E-state index >= 15 is 0 Å². The van der Waals surface area contributed by atoms with Crippen LogP contribution in [-0.4, -0.2) is 25.8 Å². The molecule has 3 nitrogen and oxygen atoms in total. The summed E-state index contributed by atoms with van der Waals surface area (Å²) < 4.78 is 43.7. The van der Waals surface area contributed by atoms with Gasteiger partial charge in [-0.05, 0) is 30.2 Å². The fraction of sp³-hybridized carbons (Fsp3) is 0.571. The quantitative estimate of drug-likeness (QED) is 0.929. The number of alkyl halides is 3. The highest BCUT2D eigenvalue weighted by molar-refractivity contribution is 5.56. The average Bonchev–Trinajstić information content (AvgIpc) is 2.45. The van der Waals surface area contributed by atoms with E-state index in [0.29, 0.717) is 25.3 Å². The molecule has 0 bridgehead atoms. The van der Waals surface area contributed by atoms with Crippen LogP contribution in [0.3, 0.4) is 0 Å². The van der Waals surface area contributed by atoms with E-state index in [1.807, 2.05) is 6.92 Å². The van der Waals surface area contributed by atoms with Crippen molar-refractivity contribution in [1.82, 2.24) is 0 Å². The van der Waals surface area contributed by atoms with E-state index in [0.717, 1.165) is 24.2 Å². The number of hydrogen-bond donors (Lipinski definition) is 1. The Kier molecular flexibility index (Phi) is 4.55. The van der Waals surface area contributed by atoms with Crippen molar-refractivity contribution in [2.45, 2.75) is 32.1 Å². The minimum atomic E-state index is -4.34. The number of nitrogens with zero attached hydrogens (tertiary/aromatic N) is 1. The molecule has 0 spiro atoms. The monoisotopic (exact) mass is 288 g/mol. The van der Waals surface area contributed by atoms with Gasteiger partial charge in [-0.25, -0.2) is 0 Å². The zero-order valence-corrected chi connectivity index (χ0v) is 11.4. The molecule has 1 saturated heterocycles. The third kappa shape index (κ3) is 3.07. The molecule has 20 heavy (non-hydrogen) atoms. The standard InChI is InChI=1S/C14H19F3N2O/c1-2-12-9-20-6-5-19(12)13-4-3-11(14(15,16)17)7-10(13)8-18/h3-4,7,12H,2,5-6,8-9,18H2,1H3. The second-order valence-electron chi connectivity index (χ2n) is 4.88. The molecule has 0 saturated carbocycles. The molecule has 1 aliphatic rings. The predicted octanol–water partition coefficient (Wildman–Crippen LogP) is 2.78. The molecule has 0 amide bonds. The molecular weight excluding hydrogens is 269 g/mol. The van der Waals surface area contributed by atoms with Gasteiger partial charge in [0, 0.05) is 18.8 Å². The lowest BCUT2D eigenvalue weighted by atomic mass is 10.0. The molecule has 2 N–H and O–H groups in total. The SMILES string of the molecule is CCC1COCCN1c1ccc(C(F)(F)F)cc1CN. The second kappa shape index (κ2) is 6.01. The molecule has 1 heterocycles. The molecule has 1 unspecified atom stereocenters. The van der Waals surface area contributed by atoms with Gasteiger partial charge < -0.3 is 15.4 Å². The Labute approximate surface area is 116 Å². The predicted molar refractivity (Wildman–Crippen MR) is 71.6 cm³/mol. The number of anilines is 1. The van der Waals surface area contributed by atoms with Crippen molar-refractivity contribution < 1.29 is 17.9 Å². The van der Waals surface area contributed by atoms with Crippen molar-refractivity contribution in [3.05, 3.63) is 29.3 Å². The molecule has 6 heteroatoms. The number of halogens is 3. The Morgan fingerprint density at radius 1 is 1.40 bits per heavy atom. The lowest BCUT2D eigenvalue weighted by Gasteiger charge is -2.38. The summed E-state index contributed by atoms with van der Waals surface area (Å²) in [5.41, 5.74) is 6.30. The van der Waals surface area contributed by atoms with Gasteiger partial charge >= 0.3 is 6.18 Å². The molecule has 0 aliphatic carbocycles. The van der Waals surface area contributed by atoms with Gasteiger partial charge in [0.2, 0.25) is 0 Å². The number of morpholine rings is 1. The topological polar surface area (TPSA) is 38.5 Å². The molecule has 1 fully saturated rings. The summed E-state index contributed by atoms with van der Waals surface area (Å²) in [7, 11) is 0. The van der Waals surface area contributed by atoms with Crippen LogP contribution in [0.2, 0.25) is 0 Å². The first kappa shape index (κ1) is 15.1. The van der Waals surface area contributed by atoms with Gasteiger partial charge in [0.15, 0.2) is 0 Å². The van der Waals surface area contributed by atoms with Crippen LogP contribution in [0.1, 0.15) is 24.5 Å². The molecule has 2 rings (SSSR count). The van der Waals surface area contributed by atoms with Crippen molar-refractivity contribution >= 4 is 5.69 Å². The number of hydrogen-bond acceptors (Lipinski definition) is 3. The first-order chi connectivity index (χ1) is 9.47. The Hall–Kier alpha value is -1.27. The maximum Gasteiger partial charge on any atom is 0.416 e. The largest absolute Gasteiger partial charge is 0.416 e. The lowest BCUT2D eigenvalue weighted by Crippen LogP contribution is -2.45. The lowest BCUT2D eigenvalue weighted by molar-refractivity contribution is -0.137. The van der Waals surface area contributed by atoms with Gasteiger partial charge in [0.25, 0.3) is 0 Å². The molecule has 1 aliphatic heterocycles. The van der Waals surface area contributed by atoms with Crippen LogP contribution in [-0.2, 0) is 17.5 Å².